The van der Waals surface area contributed by atoms with Gasteiger partial charge in [0, 0.05) is 18.1 Å². The van der Waals surface area contributed by atoms with Gasteiger partial charge in [-0.25, -0.2) is 0 Å². The van der Waals surface area contributed by atoms with Crippen molar-refractivity contribution in [2.24, 2.45) is 0 Å². The zero-order chi connectivity index (χ0) is 20.5. The van der Waals surface area contributed by atoms with Crippen LogP contribution in [0.15, 0.2) is 66.7 Å². The molecule has 0 unspecified atom stereocenters. The topological polar surface area (TPSA) is 85.9 Å². The molecule has 0 atom stereocenters. The monoisotopic (exact) mass is 394 g/mol. The van der Waals surface area contributed by atoms with E-state index in [4.69, 9.17) is 14.2 Å². The van der Waals surface area contributed by atoms with Gasteiger partial charge in [0.2, 0.25) is 0 Å². The van der Waals surface area contributed by atoms with Gasteiger partial charge in [0.15, 0.2) is 6.61 Å². The highest BCUT2D eigenvalue weighted by molar-refractivity contribution is 5.95. The molecule has 150 valence electrons. The van der Waals surface area contributed by atoms with E-state index in [1.807, 2.05) is 36.4 Å². The highest BCUT2D eigenvalue weighted by atomic mass is 16.5. The number of ether oxygens (including phenoxy) is 3. The number of benzene rings is 3. The van der Waals surface area contributed by atoms with E-state index in [0.717, 1.165) is 10.8 Å². The molecule has 7 nitrogen and oxygen atoms in total. The summed E-state index contributed by atoms with van der Waals surface area (Å²) in [5.74, 6) is 0.331. The summed E-state index contributed by atoms with van der Waals surface area (Å²) in [4.78, 5) is 24.1. The van der Waals surface area contributed by atoms with Gasteiger partial charge in [-0.15, -0.1) is 0 Å². The van der Waals surface area contributed by atoms with Crippen LogP contribution in [0.2, 0.25) is 0 Å². The van der Waals surface area contributed by atoms with E-state index in [0.29, 0.717) is 30.3 Å². The van der Waals surface area contributed by atoms with Crippen LogP contribution < -0.4 is 20.3 Å². The highest BCUT2D eigenvalue weighted by Crippen LogP contribution is 2.24. The summed E-state index contributed by atoms with van der Waals surface area (Å²) in [7, 11) is 1.60. The number of fused-ring (bicyclic) bond motifs is 1. The minimum atomic E-state index is -0.467. The van der Waals surface area contributed by atoms with Crippen molar-refractivity contribution in [1.82, 2.24) is 10.9 Å². The summed E-state index contributed by atoms with van der Waals surface area (Å²) in [6, 6.07) is 19.9. The van der Waals surface area contributed by atoms with Gasteiger partial charge in [0.05, 0.1) is 6.61 Å². The van der Waals surface area contributed by atoms with Crippen molar-refractivity contribution in [3.63, 3.8) is 0 Å². The molecule has 3 aromatic rings. The second kappa shape index (κ2) is 10.1. The predicted octanol–water partition coefficient (Wildman–Crippen LogP) is 2.71. The Morgan fingerprint density at radius 2 is 1.59 bits per heavy atom. The molecule has 0 aliphatic rings. The number of rotatable bonds is 8. The molecule has 0 spiro atoms. The van der Waals surface area contributed by atoms with Crippen molar-refractivity contribution < 1.29 is 23.8 Å². The van der Waals surface area contributed by atoms with Gasteiger partial charge in [-0.05, 0) is 35.7 Å². The third kappa shape index (κ3) is 5.70. The van der Waals surface area contributed by atoms with E-state index in [9.17, 15) is 9.59 Å². The number of hydrazine groups is 1. The van der Waals surface area contributed by atoms with Gasteiger partial charge in [-0.1, -0.05) is 36.4 Å². The first-order valence-corrected chi connectivity index (χ1v) is 9.09. The second-order valence-electron chi connectivity index (χ2n) is 6.13. The number of methoxy groups -OCH3 is 1. The number of amides is 2. The first-order valence-electron chi connectivity index (χ1n) is 9.09. The van der Waals surface area contributed by atoms with Crippen molar-refractivity contribution in [2.45, 2.75) is 0 Å². The lowest BCUT2D eigenvalue weighted by atomic mass is 10.1. The summed E-state index contributed by atoms with van der Waals surface area (Å²) in [5, 5.41) is 1.94. The third-order valence-corrected chi connectivity index (χ3v) is 4.10. The van der Waals surface area contributed by atoms with Crippen LogP contribution in [0, 0.1) is 0 Å². The van der Waals surface area contributed by atoms with Crippen LogP contribution in [-0.2, 0) is 9.53 Å². The summed E-state index contributed by atoms with van der Waals surface area (Å²) in [6.07, 6.45) is 0. The average molecular weight is 394 g/mol. The molecule has 3 rings (SSSR count). The van der Waals surface area contributed by atoms with Crippen LogP contribution in [0.5, 0.6) is 11.5 Å². The summed E-state index contributed by atoms with van der Waals surface area (Å²) in [6.45, 7) is 0.685. The fourth-order valence-corrected chi connectivity index (χ4v) is 2.64. The van der Waals surface area contributed by atoms with Gasteiger partial charge in [0.1, 0.15) is 18.1 Å². The van der Waals surface area contributed by atoms with E-state index >= 15 is 0 Å². The Labute approximate surface area is 168 Å². The molecule has 0 radical (unpaired) electrons. The van der Waals surface area contributed by atoms with Crippen LogP contribution in [0.4, 0.5) is 0 Å². The van der Waals surface area contributed by atoms with E-state index in [1.165, 1.54) is 0 Å². The lowest BCUT2D eigenvalue weighted by Crippen LogP contribution is -2.43. The van der Waals surface area contributed by atoms with Crippen molar-refractivity contribution in [3.05, 3.63) is 72.3 Å². The molecule has 0 bridgehead atoms. The Balaban J connectivity index is 1.47. The standard InChI is InChI=1S/C22H22N2O5/c1-27-13-14-28-18-11-9-17(10-12-18)22(26)24-23-21(25)15-29-20-8-4-6-16-5-2-3-7-19(16)20/h2-12H,13-15H2,1H3,(H,23,25)(H,24,26). The molecule has 29 heavy (non-hydrogen) atoms. The maximum Gasteiger partial charge on any atom is 0.276 e. The van der Waals surface area contributed by atoms with E-state index in [-0.39, 0.29) is 6.61 Å². The number of carbonyl (C=O) groups excluding carboxylic acids is 2. The molecule has 2 N–H and O–H groups in total. The molecule has 7 heteroatoms. The van der Waals surface area contributed by atoms with Gasteiger partial charge in [0.25, 0.3) is 11.8 Å². The Morgan fingerprint density at radius 3 is 2.38 bits per heavy atom. The minimum Gasteiger partial charge on any atom is -0.491 e. The second-order valence-corrected chi connectivity index (χ2v) is 6.13. The first kappa shape index (κ1) is 20.2. The fraction of sp³-hybridized carbons (Fsp3) is 0.182. The molecular formula is C22H22N2O5. The maximum absolute atomic E-state index is 12.1. The molecule has 0 saturated heterocycles. The van der Waals surface area contributed by atoms with Crippen molar-refractivity contribution >= 4 is 22.6 Å². The van der Waals surface area contributed by atoms with Crippen LogP contribution in [-0.4, -0.2) is 38.7 Å². The molecule has 2 amide bonds. The lowest BCUT2D eigenvalue weighted by molar-refractivity contribution is -0.123. The molecular weight excluding hydrogens is 372 g/mol. The van der Waals surface area contributed by atoms with E-state index < -0.39 is 11.8 Å². The summed E-state index contributed by atoms with van der Waals surface area (Å²) in [5.41, 5.74) is 5.10. The molecule has 0 aliphatic heterocycles. The fourth-order valence-electron chi connectivity index (χ4n) is 2.64. The van der Waals surface area contributed by atoms with Gasteiger partial charge >= 0.3 is 0 Å². The van der Waals surface area contributed by atoms with E-state index in [1.54, 1.807) is 37.4 Å². The van der Waals surface area contributed by atoms with Gasteiger partial charge in [-0.2, -0.15) is 0 Å². The summed E-state index contributed by atoms with van der Waals surface area (Å²) >= 11 is 0. The molecule has 0 aliphatic carbocycles. The van der Waals surface area contributed by atoms with Crippen LogP contribution >= 0.6 is 0 Å². The average Bonchev–Trinajstić information content (AvgIpc) is 2.76. The zero-order valence-electron chi connectivity index (χ0n) is 16.0. The molecule has 3 aromatic carbocycles. The molecule has 0 aromatic heterocycles. The Morgan fingerprint density at radius 1 is 0.828 bits per heavy atom. The largest absolute Gasteiger partial charge is 0.491 e. The summed E-state index contributed by atoms with van der Waals surface area (Å²) < 4.78 is 15.9. The highest BCUT2D eigenvalue weighted by Gasteiger charge is 2.09. The number of carbonyl (C=O) groups is 2. The van der Waals surface area contributed by atoms with E-state index in [2.05, 4.69) is 10.9 Å². The third-order valence-electron chi connectivity index (χ3n) is 4.10. The van der Waals surface area contributed by atoms with Crippen LogP contribution in [0.1, 0.15) is 10.4 Å². The minimum absolute atomic E-state index is 0.222. The SMILES string of the molecule is COCCOc1ccc(C(=O)NNC(=O)COc2cccc3ccccc23)cc1. The van der Waals surface area contributed by atoms with Crippen LogP contribution in [0.25, 0.3) is 10.8 Å². The molecule has 0 fully saturated rings. The smallest absolute Gasteiger partial charge is 0.276 e. The zero-order valence-corrected chi connectivity index (χ0v) is 16.0. The Bertz CT molecular complexity index is 967. The maximum atomic E-state index is 12.1. The van der Waals surface area contributed by atoms with Crippen molar-refractivity contribution in [2.75, 3.05) is 26.9 Å². The normalized spacial score (nSPS) is 10.4. The number of hydrogen-bond acceptors (Lipinski definition) is 5. The van der Waals surface area contributed by atoms with Gasteiger partial charge < -0.3 is 14.2 Å². The van der Waals surface area contributed by atoms with Crippen LogP contribution in [0.3, 0.4) is 0 Å². The van der Waals surface area contributed by atoms with Gasteiger partial charge in [-0.3, -0.25) is 20.4 Å². The Hall–Kier alpha value is -3.58. The first-order chi connectivity index (χ1) is 14.2. The molecule has 0 saturated carbocycles. The predicted molar refractivity (Wildman–Crippen MR) is 109 cm³/mol. The van der Waals surface area contributed by atoms with Crippen molar-refractivity contribution in [1.29, 1.82) is 0 Å². The quantitative estimate of drug-likeness (QED) is 0.453. The number of hydrogen-bond donors (Lipinski definition) is 2. The van der Waals surface area contributed by atoms with Crippen molar-refractivity contribution in [3.8, 4) is 11.5 Å². The molecule has 0 heterocycles. The lowest BCUT2D eigenvalue weighted by Gasteiger charge is -2.11. The Kier molecular flexibility index (Phi) is 7.02. The number of nitrogens with one attached hydrogen (secondary N) is 2.